The van der Waals surface area contributed by atoms with Crippen LogP contribution in [0.5, 0.6) is 0 Å². The summed E-state index contributed by atoms with van der Waals surface area (Å²) in [5.41, 5.74) is 5.68. The molecule has 0 aliphatic heterocycles. The van der Waals surface area contributed by atoms with E-state index >= 15 is 0 Å². The fourth-order valence-electron chi connectivity index (χ4n) is 8.47. The maximum atomic E-state index is 3.70. The van der Waals surface area contributed by atoms with Gasteiger partial charge in [-0.25, -0.2) is 0 Å². The van der Waals surface area contributed by atoms with Gasteiger partial charge in [0.05, 0.1) is 0 Å². The summed E-state index contributed by atoms with van der Waals surface area (Å²) in [6, 6.07) is 50.1. The summed E-state index contributed by atoms with van der Waals surface area (Å²) in [6.07, 6.45) is 6.98. The molecule has 0 fully saturated rings. The van der Waals surface area contributed by atoms with Gasteiger partial charge in [0.1, 0.15) is 0 Å². The van der Waals surface area contributed by atoms with Crippen LogP contribution in [-0.2, 0) is 25.9 Å². The zero-order valence-corrected chi connectivity index (χ0v) is 28.8. The molecule has 0 heterocycles. The van der Waals surface area contributed by atoms with Crippen LogP contribution in [0.3, 0.4) is 0 Å². The number of hydrogen-bond donors (Lipinski definition) is 2. The van der Waals surface area contributed by atoms with Crippen molar-refractivity contribution >= 4 is 64.6 Å². The van der Waals surface area contributed by atoms with Crippen molar-refractivity contribution in [3.05, 3.63) is 156 Å². The molecule has 2 nitrogen and oxygen atoms in total. The Morgan fingerprint density at radius 3 is 1.18 bits per heavy atom. The first kappa shape index (κ1) is 31.0. The number of nitrogens with one attached hydrogen (secondary N) is 2. The van der Waals surface area contributed by atoms with Gasteiger partial charge in [0.15, 0.2) is 0 Å². The van der Waals surface area contributed by atoms with E-state index in [1.807, 2.05) is 0 Å². The summed E-state index contributed by atoms with van der Waals surface area (Å²) in [4.78, 5) is 0. The van der Waals surface area contributed by atoms with Gasteiger partial charge in [0.25, 0.3) is 0 Å². The van der Waals surface area contributed by atoms with Crippen molar-refractivity contribution in [2.24, 2.45) is 0 Å². The molecule has 0 aliphatic rings. The Morgan fingerprint density at radius 1 is 0.340 bits per heavy atom. The molecule has 0 aromatic heterocycles. The number of unbranched alkanes of at least 4 members (excludes halogenated alkanes) is 2. The molecule has 50 heavy (non-hydrogen) atoms. The maximum Gasteiger partial charge on any atom is 0.0205 e. The van der Waals surface area contributed by atoms with Gasteiger partial charge >= 0.3 is 0 Å². The number of hydrogen-bond acceptors (Lipinski definition) is 2. The monoisotopic (exact) mass is 648 g/mol. The lowest BCUT2D eigenvalue weighted by Crippen LogP contribution is -2.17. The molecule has 0 aliphatic carbocycles. The molecule has 2 heteroatoms. The fraction of sp³-hybridized carbons (Fsp3) is 0.208. The highest BCUT2D eigenvalue weighted by molar-refractivity contribution is 6.24. The first-order valence-corrected chi connectivity index (χ1v) is 18.6. The molecule has 9 aromatic rings. The van der Waals surface area contributed by atoms with Gasteiger partial charge < -0.3 is 10.6 Å². The van der Waals surface area contributed by atoms with E-state index in [1.165, 1.54) is 113 Å². The minimum atomic E-state index is 0.923. The second kappa shape index (κ2) is 13.7. The molecule has 0 saturated heterocycles. The van der Waals surface area contributed by atoms with Gasteiger partial charge in [-0.2, -0.15) is 0 Å². The molecule has 246 valence electrons. The highest BCUT2D eigenvalue weighted by Crippen LogP contribution is 2.37. The smallest absolute Gasteiger partial charge is 0.0205 e. The third kappa shape index (κ3) is 5.93. The lowest BCUT2D eigenvalue weighted by Gasteiger charge is -2.14. The molecular formula is C48H44N2. The summed E-state index contributed by atoms with van der Waals surface area (Å²) in [7, 11) is 0. The molecule has 0 saturated carbocycles. The van der Waals surface area contributed by atoms with Crippen molar-refractivity contribution in [3.63, 3.8) is 0 Å². The third-order valence-corrected chi connectivity index (χ3v) is 11.0. The van der Waals surface area contributed by atoms with Crippen LogP contribution < -0.4 is 10.6 Å². The van der Waals surface area contributed by atoms with Gasteiger partial charge in [-0.15, -0.1) is 0 Å². The standard InChI is InChI=1S/C48H44N2/c1(10-35-16-18-41-22-20-37-12-6-14-39-24-26-43(35)47(41)45(37)39)3-28-49-31-33-8-5-9-34(30-33)32-50-29-4-2-11-36-17-19-42-23-21-38-13-7-15-40-25-27-44(36)48(42)46(38)40/h5-9,12-27,30,49-50H,1-4,10-11,28-29,31-32H2. The predicted molar refractivity (Wildman–Crippen MR) is 216 cm³/mol. The lowest BCUT2D eigenvalue weighted by molar-refractivity contribution is 0.617. The summed E-state index contributed by atoms with van der Waals surface area (Å²) in [5, 5.41) is 24.0. The largest absolute Gasteiger partial charge is 0.313 e. The molecule has 0 spiro atoms. The van der Waals surface area contributed by atoms with E-state index in [1.54, 1.807) is 0 Å². The highest BCUT2D eigenvalue weighted by Gasteiger charge is 2.12. The SMILES string of the molecule is c1cc(CNCCCCc2ccc3ccc4cccc5ccc2c3c45)cc(CNCCCCc2ccc3ccc4cccc5ccc2c3c45)c1. The van der Waals surface area contributed by atoms with Crippen LogP contribution in [0.4, 0.5) is 0 Å². The van der Waals surface area contributed by atoms with E-state index in [9.17, 15) is 0 Å². The molecule has 2 N–H and O–H groups in total. The predicted octanol–water partition coefficient (Wildman–Crippen LogP) is 11.7. The molecule has 0 radical (unpaired) electrons. The van der Waals surface area contributed by atoms with Crippen LogP contribution in [0.2, 0.25) is 0 Å². The van der Waals surface area contributed by atoms with E-state index in [-0.39, 0.29) is 0 Å². The molecular weight excluding hydrogens is 605 g/mol. The van der Waals surface area contributed by atoms with Gasteiger partial charge in [-0.3, -0.25) is 0 Å². The molecule has 0 atom stereocenters. The molecule has 9 rings (SSSR count). The third-order valence-electron chi connectivity index (χ3n) is 11.0. The van der Waals surface area contributed by atoms with Gasteiger partial charge in [-0.1, -0.05) is 133 Å². The Kier molecular flexibility index (Phi) is 8.50. The molecule has 0 amide bonds. The van der Waals surface area contributed by atoms with Crippen LogP contribution in [0.15, 0.2) is 133 Å². The molecule has 0 bridgehead atoms. The van der Waals surface area contributed by atoms with Crippen LogP contribution >= 0.6 is 0 Å². The normalized spacial score (nSPS) is 12.2. The summed E-state index contributed by atoms with van der Waals surface area (Å²) in [6.45, 7) is 3.93. The Bertz CT molecular complexity index is 2360. The van der Waals surface area contributed by atoms with Gasteiger partial charge in [0, 0.05) is 13.1 Å². The first-order chi connectivity index (χ1) is 24.8. The van der Waals surface area contributed by atoms with Crippen LogP contribution in [0.1, 0.15) is 47.9 Å². The summed E-state index contributed by atoms with van der Waals surface area (Å²) in [5.74, 6) is 0. The van der Waals surface area contributed by atoms with Crippen molar-refractivity contribution in [2.45, 2.75) is 51.6 Å². The molecule has 9 aromatic carbocycles. The van der Waals surface area contributed by atoms with E-state index in [0.717, 1.165) is 39.0 Å². The average molecular weight is 649 g/mol. The van der Waals surface area contributed by atoms with Crippen molar-refractivity contribution in [1.29, 1.82) is 0 Å². The van der Waals surface area contributed by atoms with E-state index in [4.69, 9.17) is 0 Å². The zero-order chi connectivity index (χ0) is 33.3. The van der Waals surface area contributed by atoms with Gasteiger partial charge in [0.2, 0.25) is 0 Å². The zero-order valence-electron chi connectivity index (χ0n) is 28.8. The van der Waals surface area contributed by atoms with E-state index < -0.39 is 0 Å². The lowest BCUT2D eigenvalue weighted by atomic mass is 9.90. The first-order valence-electron chi connectivity index (χ1n) is 18.6. The van der Waals surface area contributed by atoms with Crippen molar-refractivity contribution in [1.82, 2.24) is 10.6 Å². The highest BCUT2D eigenvalue weighted by atomic mass is 14.9. The molecule has 0 unspecified atom stereocenters. The maximum absolute atomic E-state index is 3.70. The number of aryl methyl sites for hydroxylation is 2. The topological polar surface area (TPSA) is 24.1 Å². The average Bonchev–Trinajstić information content (AvgIpc) is 3.16. The van der Waals surface area contributed by atoms with Crippen molar-refractivity contribution in [2.75, 3.05) is 13.1 Å². The minimum absolute atomic E-state index is 0.923. The Balaban J connectivity index is 0.721. The van der Waals surface area contributed by atoms with Crippen molar-refractivity contribution < 1.29 is 0 Å². The van der Waals surface area contributed by atoms with Crippen LogP contribution in [-0.4, -0.2) is 13.1 Å². The quantitative estimate of drug-likeness (QED) is 0.0906. The van der Waals surface area contributed by atoms with Crippen molar-refractivity contribution in [3.8, 4) is 0 Å². The van der Waals surface area contributed by atoms with Crippen LogP contribution in [0, 0.1) is 0 Å². The summed E-state index contributed by atoms with van der Waals surface area (Å²) >= 11 is 0. The Morgan fingerprint density at radius 2 is 0.720 bits per heavy atom. The van der Waals surface area contributed by atoms with Gasteiger partial charge in [-0.05, 0) is 139 Å². The number of rotatable bonds is 14. The second-order valence-electron chi connectivity index (χ2n) is 14.2. The summed E-state index contributed by atoms with van der Waals surface area (Å²) < 4.78 is 0. The second-order valence-corrected chi connectivity index (χ2v) is 14.2. The fourth-order valence-corrected chi connectivity index (χ4v) is 8.47. The van der Waals surface area contributed by atoms with E-state index in [0.29, 0.717) is 0 Å². The number of benzene rings is 9. The van der Waals surface area contributed by atoms with E-state index in [2.05, 4.69) is 144 Å². The van der Waals surface area contributed by atoms with Crippen LogP contribution in [0.25, 0.3) is 64.6 Å². The minimum Gasteiger partial charge on any atom is -0.313 e. The Labute approximate surface area is 294 Å². The Hall–Kier alpha value is -5.02.